The van der Waals surface area contributed by atoms with Gasteiger partial charge >= 0.3 is 0 Å². The van der Waals surface area contributed by atoms with E-state index < -0.39 is 0 Å². The number of likely N-dealkylation sites (tertiary alicyclic amines) is 1. The van der Waals surface area contributed by atoms with Crippen LogP contribution in [0.2, 0.25) is 0 Å². The average molecular weight is 245 g/mol. The molecule has 2 heteroatoms. The first-order valence-electron chi connectivity index (χ1n) is 6.69. The van der Waals surface area contributed by atoms with Gasteiger partial charge in [-0.3, -0.25) is 4.90 Å². The van der Waals surface area contributed by atoms with Gasteiger partial charge in [0.2, 0.25) is 0 Å². The summed E-state index contributed by atoms with van der Waals surface area (Å²) in [7, 11) is 1.71. The molecule has 0 amide bonds. The van der Waals surface area contributed by atoms with Crippen molar-refractivity contribution in [1.82, 2.24) is 4.90 Å². The van der Waals surface area contributed by atoms with Crippen LogP contribution in [0.3, 0.4) is 0 Å². The first-order chi connectivity index (χ1) is 8.69. The van der Waals surface area contributed by atoms with Crippen LogP contribution in [0.1, 0.15) is 32.3 Å². The average Bonchev–Trinajstić information content (AvgIpc) is 2.40. The zero-order valence-electron chi connectivity index (χ0n) is 11.7. The molecule has 1 aromatic rings. The molecule has 1 aromatic carbocycles. The van der Waals surface area contributed by atoms with Gasteiger partial charge in [0.25, 0.3) is 0 Å². The largest absolute Gasteiger partial charge is 0.497 e. The Kier molecular flexibility index (Phi) is 4.43. The van der Waals surface area contributed by atoms with Crippen molar-refractivity contribution in [3.63, 3.8) is 0 Å². The van der Waals surface area contributed by atoms with Crippen molar-refractivity contribution >= 4 is 0 Å². The molecule has 0 aromatic heterocycles. The van der Waals surface area contributed by atoms with Crippen LogP contribution in [0, 0.1) is 0 Å². The molecule has 0 N–H and O–H groups in total. The second-order valence-corrected chi connectivity index (χ2v) is 5.27. The van der Waals surface area contributed by atoms with E-state index >= 15 is 0 Å². The van der Waals surface area contributed by atoms with Gasteiger partial charge in [-0.2, -0.15) is 0 Å². The van der Waals surface area contributed by atoms with E-state index in [1.165, 1.54) is 30.5 Å². The number of hydrogen-bond acceptors (Lipinski definition) is 2. The summed E-state index contributed by atoms with van der Waals surface area (Å²) in [5.74, 6) is 0.933. The van der Waals surface area contributed by atoms with E-state index in [0.29, 0.717) is 0 Å². The second-order valence-electron chi connectivity index (χ2n) is 5.27. The first kappa shape index (κ1) is 13.2. The number of piperidine rings is 1. The molecular weight excluding hydrogens is 222 g/mol. The smallest absolute Gasteiger partial charge is 0.118 e. The van der Waals surface area contributed by atoms with Crippen LogP contribution in [0.5, 0.6) is 5.75 Å². The number of ether oxygens (including phenoxy) is 1. The molecule has 0 aliphatic carbocycles. The van der Waals surface area contributed by atoms with Crippen molar-refractivity contribution in [2.45, 2.75) is 33.2 Å². The Hall–Kier alpha value is -1.28. The molecule has 18 heavy (non-hydrogen) atoms. The van der Waals surface area contributed by atoms with Crippen molar-refractivity contribution in [1.29, 1.82) is 0 Å². The lowest BCUT2D eigenvalue weighted by atomic mass is 10.00. The lowest BCUT2D eigenvalue weighted by Gasteiger charge is -2.29. The third-order valence-corrected chi connectivity index (χ3v) is 3.64. The van der Waals surface area contributed by atoms with Crippen LogP contribution in [0.15, 0.2) is 35.4 Å². The predicted molar refractivity (Wildman–Crippen MR) is 75.9 cm³/mol. The standard InChI is InChI=1S/C16H23NO/c1-13(2)15-5-4-10-17(12-15)11-14-6-8-16(18-3)9-7-14/h6-9H,4-5,10-12H2,1-3H3. The molecule has 1 aliphatic heterocycles. The molecule has 2 rings (SSSR count). The highest BCUT2D eigenvalue weighted by Crippen LogP contribution is 2.21. The lowest BCUT2D eigenvalue weighted by molar-refractivity contribution is 0.256. The van der Waals surface area contributed by atoms with Gasteiger partial charge in [0.15, 0.2) is 0 Å². The Morgan fingerprint density at radius 2 is 1.94 bits per heavy atom. The summed E-state index contributed by atoms with van der Waals surface area (Å²) in [5, 5.41) is 0. The number of allylic oxidation sites excluding steroid dienone is 1. The van der Waals surface area contributed by atoms with Gasteiger partial charge in [-0.05, 0) is 50.9 Å². The molecule has 0 radical (unpaired) electrons. The van der Waals surface area contributed by atoms with E-state index in [1.54, 1.807) is 12.7 Å². The highest BCUT2D eigenvalue weighted by atomic mass is 16.5. The van der Waals surface area contributed by atoms with Gasteiger partial charge in [-0.25, -0.2) is 0 Å². The van der Waals surface area contributed by atoms with Crippen LogP contribution in [-0.4, -0.2) is 25.1 Å². The number of methoxy groups -OCH3 is 1. The van der Waals surface area contributed by atoms with E-state index in [4.69, 9.17) is 4.74 Å². The minimum Gasteiger partial charge on any atom is -0.497 e. The fourth-order valence-corrected chi connectivity index (χ4v) is 2.48. The SMILES string of the molecule is COc1ccc(CN2CCCC(=C(C)C)C2)cc1. The van der Waals surface area contributed by atoms with Crippen LogP contribution in [0.25, 0.3) is 0 Å². The fourth-order valence-electron chi connectivity index (χ4n) is 2.48. The third kappa shape index (κ3) is 3.36. The highest BCUT2D eigenvalue weighted by Gasteiger charge is 2.15. The summed E-state index contributed by atoms with van der Waals surface area (Å²) >= 11 is 0. The number of benzene rings is 1. The van der Waals surface area contributed by atoms with Crippen molar-refractivity contribution in [3.05, 3.63) is 41.0 Å². The maximum absolute atomic E-state index is 5.19. The summed E-state index contributed by atoms with van der Waals surface area (Å²) < 4.78 is 5.19. The molecular formula is C16H23NO. The van der Waals surface area contributed by atoms with Crippen LogP contribution >= 0.6 is 0 Å². The van der Waals surface area contributed by atoms with Crippen LogP contribution in [0.4, 0.5) is 0 Å². The molecule has 0 spiro atoms. The Bertz CT molecular complexity index is 415. The second kappa shape index (κ2) is 6.05. The van der Waals surface area contributed by atoms with Gasteiger partial charge in [-0.15, -0.1) is 0 Å². The summed E-state index contributed by atoms with van der Waals surface area (Å²) in [5.41, 5.74) is 4.48. The topological polar surface area (TPSA) is 12.5 Å². The maximum Gasteiger partial charge on any atom is 0.118 e. The summed E-state index contributed by atoms with van der Waals surface area (Å²) in [4.78, 5) is 2.54. The summed E-state index contributed by atoms with van der Waals surface area (Å²) in [6.07, 6.45) is 2.57. The zero-order chi connectivity index (χ0) is 13.0. The van der Waals surface area contributed by atoms with Gasteiger partial charge in [0, 0.05) is 13.1 Å². The van der Waals surface area contributed by atoms with Gasteiger partial charge < -0.3 is 4.74 Å². The molecule has 0 unspecified atom stereocenters. The molecule has 1 fully saturated rings. The van der Waals surface area contributed by atoms with Crippen LogP contribution < -0.4 is 4.74 Å². The first-order valence-corrected chi connectivity index (χ1v) is 6.69. The minimum absolute atomic E-state index is 0.933. The van der Waals surface area contributed by atoms with E-state index in [9.17, 15) is 0 Å². The molecule has 0 bridgehead atoms. The number of rotatable bonds is 3. The van der Waals surface area contributed by atoms with Gasteiger partial charge in [0.1, 0.15) is 5.75 Å². The minimum atomic E-state index is 0.933. The monoisotopic (exact) mass is 245 g/mol. The van der Waals surface area contributed by atoms with Crippen molar-refractivity contribution < 1.29 is 4.74 Å². The molecule has 0 saturated carbocycles. The molecule has 0 atom stereocenters. The van der Waals surface area contributed by atoms with Gasteiger partial charge in [-0.1, -0.05) is 23.3 Å². The molecule has 1 aliphatic rings. The Labute approximate surface area is 110 Å². The quantitative estimate of drug-likeness (QED) is 0.754. The molecule has 98 valence electrons. The maximum atomic E-state index is 5.19. The molecule has 1 heterocycles. The molecule has 2 nitrogen and oxygen atoms in total. The normalized spacial score (nSPS) is 16.7. The Morgan fingerprint density at radius 1 is 1.22 bits per heavy atom. The van der Waals surface area contributed by atoms with Gasteiger partial charge in [0.05, 0.1) is 7.11 Å². The van der Waals surface area contributed by atoms with E-state index in [2.05, 4.69) is 30.9 Å². The summed E-state index contributed by atoms with van der Waals surface area (Å²) in [6, 6.07) is 8.41. The predicted octanol–water partition coefficient (Wildman–Crippen LogP) is 3.63. The van der Waals surface area contributed by atoms with Crippen LogP contribution in [-0.2, 0) is 6.54 Å². The fraction of sp³-hybridized carbons (Fsp3) is 0.500. The van der Waals surface area contributed by atoms with E-state index in [0.717, 1.165) is 18.8 Å². The Balaban J connectivity index is 1.98. The van der Waals surface area contributed by atoms with Crippen molar-refractivity contribution in [3.8, 4) is 5.75 Å². The van der Waals surface area contributed by atoms with Crippen molar-refractivity contribution in [2.75, 3.05) is 20.2 Å². The molecule has 1 saturated heterocycles. The third-order valence-electron chi connectivity index (χ3n) is 3.64. The summed E-state index contributed by atoms with van der Waals surface area (Å²) in [6.45, 7) is 7.84. The highest BCUT2D eigenvalue weighted by molar-refractivity contribution is 5.27. The lowest BCUT2D eigenvalue weighted by Crippen LogP contribution is -2.31. The Morgan fingerprint density at radius 3 is 2.56 bits per heavy atom. The van der Waals surface area contributed by atoms with E-state index in [-0.39, 0.29) is 0 Å². The zero-order valence-corrected chi connectivity index (χ0v) is 11.7. The number of nitrogens with zero attached hydrogens (tertiary/aromatic N) is 1. The van der Waals surface area contributed by atoms with Crippen molar-refractivity contribution in [2.24, 2.45) is 0 Å². The van der Waals surface area contributed by atoms with E-state index in [1.807, 2.05) is 12.1 Å². The number of hydrogen-bond donors (Lipinski definition) is 0.